The minimum absolute atomic E-state index is 0.295. The van der Waals surface area contributed by atoms with Crippen molar-refractivity contribution in [3.63, 3.8) is 0 Å². The van der Waals surface area contributed by atoms with Crippen LogP contribution in [0.5, 0.6) is 0 Å². The fraction of sp³-hybridized carbons (Fsp3) is 0.357. The lowest BCUT2D eigenvalue weighted by Gasteiger charge is -2.14. The molecule has 1 heterocycles. The van der Waals surface area contributed by atoms with Crippen molar-refractivity contribution in [2.24, 2.45) is 0 Å². The fourth-order valence-corrected chi connectivity index (χ4v) is 1.90. The molecule has 0 bridgehead atoms. The van der Waals surface area contributed by atoms with E-state index in [2.05, 4.69) is 5.32 Å². The van der Waals surface area contributed by atoms with E-state index in [1.54, 1.807) is 0 Å². The van der Waals surface area contributed by atoms with Crippen LogP contribution in [0.4, 0.5) is 0 Å². The molecule has 18 heavy (non-hydrogen) atoms. The molecular formula is C14H17NO3. The van der Waals surface area contributed by atoms with Gasteiger partial charge in [0, 0.05) is 18.7 Å². The topological polar surface area (TPSA) is 51.5 Å². The van der Waals surface area contributed by atoms with Gasteiger partial charge in [-0.05, 0) is 25.7 Å². The van der Waals surface area contributed by atoms with Crippen molar-refractivity contribution in [2.75, 3.05) is 13.6 Å². The smallest absolute Gasteiger partial charge is 0.303 e. The van der Waals surface area contributed by atoms with Gasteiger partial charge in [0.2, 0.25) is 0 Å². The maximum Gasteiger partial charge on any atom is 0.303 e. The highest BCUT2D eigenvalue weighted by Gasteiger charge is 2.18. The summed E-state index contributed by atoms with van der Waals surface area (Å²) in [6.07, 6.45) is 0.359. The first-order valence-corrected chi connectivity index (χ1v) is 6.01. The predicted molar refractivity (Wildman–Crippen MR) is 69.3 cm³/mol. The van der Waals surface area contributed by atoms with E-state index in [4.69, 9.17) is 9.15 Å². The molecule has 0 radical (unpaired) electrons. The number of furan rings is 1. The summed E-state index contributed by atoms with van der Waals surface area (Å²) >= 11 is 0. The van der Waals surface area contributed by atoms with Gasteiger partial charge in [-0.25, -0.2) is 0 Å². The van der Waals surface area contributed by atoms with E-state index in [0.29, 0.717) is 12.2 Å². The molecule has 0 spiro atoms. The largest absolute Gasteiger partial charge is 0.457 e. The molecule has 1 N–H and O–H groups in total. The van der Waals surface area contributed by atoms with Gasteiger partial charge in [-0.1, -0.05) is 18.2 Å². The molecule has 2 aromatic rings. The van der Waals surface area contributed by atoms with E-state index < -0.39 is 0 Å². The van der Waals surface area contributed by atoms with Crippen LogP contribution >= 0.6 is 0 Å². The lowest BCUT2D eigenvalue weighted by atomic mass is 10.2. The highest BCUT2D eigenvalue weighted by Crippen LogP contribution is 2.28. The number of esters is 1. The quantitative estimate of drug-likeness (QED) is 0.825. The van der Waals surface area contributed by atoms with Crippen molar-refractivity contribution < 1.29 is 13.9 Å². The van der Waals surface area contributed by atoms with E-state index >= 15 is 0 Å². The average Bonchev–Trinajstić information content (AvgIpc) is 2.77. The Kier molecular flexibility index (Phi) is 3.99. The number of ether oxygens (including phenoxy) is 1. The molecule has 1 atom stereocenters. The van der Waals surface area contributed by atoms with Gasteiger partial charge in [0.1, 0.15) is 11.3 Å². The van der Waals surface area contributed by atoms with Crippen LogP contribution < -0.4 is 5.32 Å². The fourth-order valence-electron chi connectivity index (χ4n) is 1.90. The number of carbonyl (C=O) groups is 1. The number of hydrogen-bond donors (Lipinski definition) is 1. The molecule has 0 fully saturated rings. The Morgan fingerprint density at radius 1 is 1.44 bits per heavy atom. The van der Waals surface area contributed by atoms with Crippen LogP contribution in [0, 0.1) is 0 Å². The summed E-state index contributed by atoms with van der Waals surface area (Å²) < 4.78 is 11.0. The van der Waals surface area contributed by atoms with E-state index in [9.17, 15) is 4.79 Å². The second kappa shape index (κ2) is 5.69. The Balaban J connectivity index is 2.25. The maximum absolute atomic E-state index is 11.1. The number of rotatable bonds is 5. The molecule has 96 valence electrons. The van der Waals surface area contributed by atoms with Gasteiger partial charge in [-0.15, -0.1) is 0 Å². The molecule has 1 aromatic carbocycles. The number of fused-ring (bicyclic) bond motifs is 1. The molecule has 4 nitrogen and oxygen atoms in total. The Bertz CT molecular complexity index is 500. The highest BCUT2D eigenvalue weighted by molar-refractivity contribution is 5.77. The second-order valence-corrected chi connectivity index (χ2v) is 4.18. The summed E-state index contributed by atoms with van der Waals surface area (Å²) in [5.41, 5.74) is 0.814. The van der Waals surface area contributed by atoms with Crippen molar-refractivity contribution in [3.05, 3.63) is 36.1 Å². The maximum atomic E-state index is 11.1. The molecular weight excluding hydrogens is 230 g/mol. The zero-order chi connectivity index (χ0) is 13.0. The summed E-state index contributed by atoms with van der Waals surface area (Å²) in [4.78, 5) is 11.1. The molecule has 0 aliphatic heterocycles. The summed E-state index contributed by atoms with van der Waals surface area (Å²) in [6.45, 7) is 2.17. The third-order valence-corrected chi connectivity index (χ3v) is 2.73. The first-order chi connectivity index (χ1) is 8.70. The van der Waals surface area contributed by atoms with Gasteiger partial charge < -0.3 is 14.5 Å². The van der Waals surface area contributed by atoms with Crippen LogP contribution in [0.25, 0.3) is 11.0 Å². The Labute approximate surface area is 106 Å². The van der Waals surface area contributed by atoms with Crippen molar-refractivity contribution in [2.45, 2.75) is 19.4 Å². The van der Waals surface area contributed by atoms with E-state index in [1.165, 1.54) is 6.92 Å². The minimum Gasteiger partial charge on any atom is -0.457 e. The molecule has 0 saturated heterocycles. The zero-order valence-electron chi connectivity index (χ0n) is 10.6. The number of nitrogens with one attached hydrogen (secondary N) is 1. The third kappa shape index (κ3) is 2.90. The van der Waals surface area contributed by atoms with Crippen LogP contribution in [-0.2, 0) is 9.53 Å². The first-order valence-electron chi connectivity index (χ1n) is 6.01. The summed E-state index contributed by atoms with van der Waals surface area (Å²) in [5.74, 6) is 0.401. The molecule has 0 aliphatic rings. The van der Waals surface area contributed by atoms with E-state index in [0.717, 1.165) is 17.5 Å². The van der Waals surface area contributed by atoms with E-state index in [-0.39, 0.29) is 12.1 Å². The summed E-state index contributed by atoms with van der Waals surface area (Å²) in [5, 5.41) is 4.06. The van der Waals surface area contributed by atoms with Crippen molar-refractivity contribution in [1.82, 2.24) is 5.32 Å². The van der Waals surface area contributed by atoms with Crippen LogP contribution in [-0.4, -0.2) is 19.6 Å². The van der Waals surface area contributed by atoms with Crippen molar-refractivity contribution in [3.8, 4) is 0 Å². The van der Waals surface area contributed by atoms with Crippen molar-refractivity contribution >= 4 is 16.9 Å². The molecule has 1 unspecified atom stereocenters. The minimum atomic E-state index is -0.331. The average molecular weight is 247 g/mol. The normalized spacial score (nSPS) is 12.6. The van der Waals surface area contributed by atoms with Crippen molar-refractivity contribution in [1.29, 1.82) is 0 Å². The second-order valence-electron chi connectivity index (χ2n) is 4.18. The van der Waals surface area contributed by atoms with Crippen LogP contribution in [0.3, 0.4) is 0 Å². The summed E-state index contributed by atoms with van der Waals surface area (Å²) in [6, 6.07) is 9.69. The first kappa shape index (κ1) is 12.6. The molecule has 0 aliphatic carbocycles. The highest BCUT2D eigenvalue weighted by atomic mass is 16.5. The number of para-hydroxylation sites is 1. The van der Waals surface area contributed by atoms with Gasteiger partial charge in [-0.3, -0.25) is 4.79 Å². The monoisotopic (exact) mass is 247 g/mol. The zero-order valence-corrected chi connectivity index (χ0v) is 10.6. The number of hydrogen-bond acceptors (Lipinski definition) is 4. The molecule has 0 saturated carbocycles. The van der Waals surface area contributed by atoms with Crippen LogP contribution in [0.15, 0.2) is 34.7 Å². The van der Waals surface area contributed by atoms with Gasteiger partial charge >= 0.3 is 5.97 Å². The molecule has 0 amide bonds. The molecule has 1 aromatic heterocycles. The van der Waals surface area contributed by atoms with E-state index in [1.807, 2.05) is 37.4 Å². The standard InChI is InChI=1S/C14H17NO3/c1-10(16)17-13(7-8-15-2)14-9-11-5-3-4-6-12(11)18-14/h3-6,9,13,15H,7-8H2,1-2H3. The number of benzene rings is 1. The van der Waals surface area contributed by atoms with Crippen LogP contribution in [0.2, 0.25) is 0 Å². The number of carbonyl (C=O) groups excluding carboxylic acids is 1. The Morgan fingerprint density at radius 2 is 2.22 bits per heavy atom. The predicted octanol–water partition coefficient (Wildman–Crippen LogP) is 2.65. The third-order valence-electron chi connectivity index (χ3n) is 2.73. The van der Waals surface area contributed by atoms with Gasteiger partial charge in [0.15, 0.2) is 6.10 Å². The summed E-state index contributed by atoms with van der Waals surface area (Å²) in [7, 11) is 1.86. The Morgan fingerprint density at radius 3 is 2.89 bits per heavy atom. The SMILES string of the molecule is CNCCC(OC(C)=O)c1cc2ccccc2o1. The molecule has 2 rings (SSSR count). The lowest BCUT2D eigenvalue weighted by molar-refractivity contribution is -0.147. The van der Waals surface area contributed by atoms with Gasteiger partial charge in [0.25, 0.3) is 0 Å². The Hall–Kier alpha value is -1.81. The van der Waals surface area contributed by atoms with Crippen LogP contribution in [0.1, 0.15) is 25.2 Å². The lowest BCUT2D eigenvalue weighted by Crippen LogP contribution is -2.15. The molecule has 4 heteroatoms. The van der Waals surface area contributed by atoms with Gasteiger partial charge in [-0.2, -0.15) is 0 Å². The van der Waals surface area contributed by atoms with Gasteiger partial charge in [0.05, 0.1) is 0 Å².